The standard InChI is InChI=1S/C12H22N2O3S/c1-7(2)10(11(15)16)13-12(17)14-5-8(3)18-9(4)6-14/h7-10H,5-6H2,1-4H3,(H,13,17)(H,15,16)/t8?,9?,10-/m1/s1. The zero-order chi connectivity index (χ0) is 13.9. The molecule has 0 saturated carbocycles. The lowest BCUT2D eigenvalue weighted by atomic mass is 10.1. The maximum Gasteiger partial charge on any atom is 0.326 e. The highest BCUT2D eigenvalue weighted by atomic mass is 32.2. The summed E-state index contributed by atoms with van der Waals surface area (Å²) in [6, 6.07) is -1.09. The number of carboxylic acids is 1. The minimum atomic E-state index is -0.981. The summed E-state index contributed by atoms with van der Waals surface area (Å²) in [4.78, 5) is 24.8. The molecule has 0 spiro atoms. The van der Waals surface area contributed by atoms with Crippen LogP contribution >= 0.6 is 11.8 Å². The Bertz CT molecular complexity index is 312. The van der Waals surface area contributed by atoms with Crippen LogP contribution in [0.5, 0.6) is 0 Å². The first kappa shape index (κ1) is 15.1. The second kappa shape index (κ2) is 6.31. The van der Waals surface area contributed by atoms with Crippen molar-refractivity contribution in [3.63, 3.8) is 0 Å². The monoisotopic (exact) mass is 274 g/mol. The molecule has 0 radical (unpaired) electrons. The maximum absolute atomic E-state index is 12.1. The summed E-state index contributed by atoms with van der Waals surface area (Å²) in [5.41, 5.74) is 0. The molecule has 0 bridgehead atoms. The number of amides is 2. The van der Waals surface area contributed by atoms with Crippen LogP contribution in [0, 0.1) is 5.92 Å². The Kier molecular flexibility index (Phi) is 5.31. The molecular formula is C12H22N2O3S. The Morgan fingerprint density at radius 2 is 1.78 bits per heavy atom. The highest BCUT2D eigenvalue weighted by Crippen LogP contribution is 2.24. The summed E-state index contributed by atoms with van der Waals surface area (Å²) < 4.78 is 0. The fraction of sp³-hybridized carbons (Fsp3) is 0.833. The van der Waals surface area contributed by atoms with E-state index in [1.54, 1.807) is 18.7 Å². The van der Waals surface area contributed by atoms with E-state index in [0.717, 1.165) is 0 Å². The van der Waals surface area contributed by atoms with Crippen LogP contribution in [0.15, 0.2) is 0 Å². The number of thioether (sulfide) groups is 1. The van der Waals surface area contributed by atoms with Gasteiger partial charge in [-0.1, -0.05) is 27.7 Å². The summed E-state index contributed by atoms with van der Waals surface area (Å²) in [7, 11) is 0. The van der Waals surface area contributed by atoms with E-state index < -0.39 is 12.0 Å². The molecule has 1 saturated heterocycles. The van der Waals surface area contributed by atoms with Crippen molar-refractivity contribution in [3.05, 3.63) is 0 Å². The normalized spacial score (nSPS) is 25.9. The number of hydrogen-bond acceptors (Lipinski definition) is 3. The minimum absolute atomic E-state index is 0.125. The molecule has 1 aliphatic rings. The van der Waals surface area contributed by atoms with E-state index >= 15 is 0 Å². The van der Waals surface area contributed by atoms with Gasteiger partial charge in [0.05, 0.1) is 0 Å². The molecule has 1 aliphatic heterocycles. The Balaban J connectivity index is 2.61. The highest BCUT2D eigenvalue weighted by Gasteiger charge is 2.29. The third-order valence-corrected chi connectivity index (χ3v) is 4.15. The largest absolute Gasteiger partial charge is 0.480 e. The molecule has 2 amide bonds. The number of carbonyl (C=O) groups excluding carboxylic acids is 1. The minimum Gasteiger partial charge on any atom is -0.480 e. The van der Waals surface area contributed by atoms with Crippen LogP contribution in [0.2, 0.25) is 0 Å². The van der Waals surface area contributed by atoms with Gasteiger partial charge in [-0.3, -0.25) is 0 Å². The van der Waals surface area contributed by atoms with Crippen LogP contribution in [0.3, 0.4) is 0 Å². The molecule has 104 valence electrons. The summed E-state index contributed by atoms with van der Waals surface area (Å²) in [5, 5.41) is 12.4. The fourth-order valence-corrected chi connectivity index (χ4v) is 3.41. The van der Waals surface area contributed by atoms with E-state index in [1.165, 1.54) is 0 Å². The van der Waals surface area contributed by atoms with Gasteiger partial charge in [0.25, 0.3) is 0 Å². The topological polar surface area (TPSA) is 69.6 Å². The summed E-state index contributed by atoms with van der Waals surface area (Å²) in [6.45, 7) is 9.08. The number of aliphatic carboxylic acids is 1. The molecule has 1 heterocycles. The number of nitrogens with one attached hydrogen (secondary N) is 1. The number of hydrogen-bond donors (Lipinski definition) is 2. The van der Waals surface area contributed by atoms with E-state index in [4.69, 9.17) is 5.11 Å². The number of carboxylic acid groups (broad SMARTS) is 1. The molecule has 0 aromatic carbocycles. The van der Waals surface area contributed by atoms with Crippen molar-refractivity contribution in [3.8, 4) is 0 Å². The van der Waals surface area contributed by atoms with Gasteiger partial charge in [-0.05, 0) is 5.92 Å². The lowest BCUT2D eigenvalue weighted by Gasteiger charge is -2.35. The lowest BCUT2D eigenvalue weighted by Crippen LogP contribution is -2.54. The van der Waals surface area contributed by atoms with E-state index in [9.17, 15) is 9.59 Å². The third kappa shape index (κ3) is 4.08. The molecule has 2 N–H and O–H groups in total. The van der Waals surface area contributed by atoms with Crippen LogP contribution in [0.25, 0.3) is 0 Å². The van der Waals surface area contributed by atoms with Gasteiger partial charge >= 0.3 is 12.0 Å². The van der Waals surface area contributed by atoms with Crippen molar-refractivity contribution in [1.82, 2.24) is 10.2 Å². The molecule has 0 aromatic rings. The zero-order valence-corrected chi connectivity index (χ0v) is 12.2. The first-order chi connectivity index (χ1) is 8.31. The lowest BCUT2D eigenvalue weighted by molar-refractivity contribution is -0.140. The highest BCUT2D eigenvalue weighted by molar-refractivity contribution is 8.00. The zero-order valence-electron chi connectivity index (χ0n) is 11.3. The molecular weight excluding hydrogens is 252 g/mol. The predicted octanol–water partition coefficient (Wildman–Crippen LogP) is 1.63. The average Bonchev–Trinajstić information content (AvgIpc) is 2.23. The molecule has 1 rings (SSSR count). The van der Waals surface area contributed by atoms with Crippen molar-refractivity contribution in [2.75, 3.05) is 13.1 Å². The van der Waals surface area contributed by atoms with Gasteiger partial charge in [-0.2, -0.15) is 11.8 Å². The van der Waals surface area contributed by atoms with E-state index in [2.05, 4.69) is 19.2 Å². The fourth-order valence-electron chi connectivity index (χ4n) is 2.08. The van der Waals surface area contributed by atoms with Gasteiger partial charge in [0.2, 0.25) is 0 Å². The van der Waals surface area contributed by atoms with Crippen LogP contribution < -0.4 is 5.32 Å². The molecule has 6 heteroatoms. The summed E-state index contributed by atoms with van der Waals surface area (Å²) in [5.74, 6) is -1.11. The third-order valence-electron chi connectivity index (χ3n) is 2.92. The van der Waals surface area contributed by atoms with Crippen LogP contribution in [-0.4, -0.2) is 51.6 Å². The van der Waals surface area contributed by atoms with Crippen LogP contribution in [0.1, 0.15) is 27.7 Å². The van der Waals surface area contributed by atoms with Crippen molar-refractivity contribution >= 4 is 23.8 Å². The molecule has 1 fully saturated rings. The molecule has 0 aliphatic carbocycles. The summed E-state index contributed by atoms with van der Waals surface area (Å²) in [6.07, 6.45) is 0. The van der Waals surface area contributed by atoms with Gasteiger partial charge < -0.3 is 15.3 Å². The number of nitrogens with zero attached hydrogens (tertiary/aromatic N) is 1. The van der Waals surface area contributed by atoms with Crippen LogP contribution in [0.4, 0.5) is 4.79 Å². The molecule has 0 aromatic heterocycles. The first-order valence-electron chi connectivity index (χ1n) is 6.25. The quantitative estimate of drug-likeness (QED) is 0.820. The van der Waals surface area contributed by atoms with Crippen molar-refractivity contribution in [2.45, 2.75) is 44.2 Å². The Labute approximate surface area is 112 Å². The number of rotatable bonds is 3. The maximum atomic E-state index is 12.1. The van der Waals surface area contributed by atoms with Crippen molar-refractivity contribution in [2.24, 2.45) is 5.92 Å². The first-order valence-corrected chi connectivity index (χ1v) is 7.19. The van der Waals surface area contributed by atoms with Crippen LogP contribution in [-0.2, 0) is 4.79 Å². The summed E-state index contributed by atoms with van der Waals surface area (Å²) >= 11 is 1.86. The van der Waals surface area contributed by atoms with Crippen molar-refractivity contribution in [1.29, 1.82) is 0 Å². The van der Waals surface area contributed by atoms with Gasteiger partial charge in [0.1, 0.15) is 6.04 Å². The molecule has 18 heavy (non-hydrogen) atoms. The average molecular weight is 274 g/mol. The Hall–Kier alpha value is -0.910. The number of urea groups is 1. The van der Waals surface area contributed by atoms with Gasteiger partial charge in [0, 0.05) is 23.6 Å². The van der Waals surface area contributed by atoms with Gasteiger partial charge in [0.15, 0.2) is 0 Å². The second-order valence-corrected chi connectivity index (χ2v) is 7.05. The van der Waals surface area contributed by atoms with Crippen molar-refractivity contribution < 1.29 is 14.7 Å². The van der Waals surface area contributed by atoms with Gasteiger partial charge in [-0.15, -0.1) is 0 Å². The second-order valence-electron chi connectivity index (χ2n) is 5.17. The Morgan fingerprint density at radius 3 is 2.17 bits per heavy atom. The van der Waals surface area contributed by atoms with Gasteiger partial charge in [-0.25, -0.2) is 9.59 Å². The van der Waals surface area contributed by atoms with E-state index in [0.29, 0.717) is 23.6 Å². The molecule has 2 unspecified atom stereocenters. The molecule has 3 atom stereocenters. The van der Waals surface area contributed by atoms with E-state index in [-0.39, 0.29) is 11.9 Å². The molecule has 5 nitrogen and oxygen atoms in total. The SMILES string of the molecule is CC1CN(C(=O)N[C@@H](C(=O)O)C(C)C)CC(C)S1. The van der Waals surface area contributed by atoms with E-state index in [1.807, 2.05) is 11.8 Å². The number of carbonyl (C=O) groups is 2. The smallest absolute Gasteiger partial charge is 0.326 e. The Morgan fingerprint density at radius 1 is 1.28 bits per heavy atom. The predicted molar refractivity (Wildman–Crippen MR) is 72.9 cm³/mol.